The van der Waals surface area contributed by atoms with Crippen LogP contribution in [0.4, 0.5) is 28.7 Å². The smallest absolute Gasteiger partial charge is 0.247 e. The van der Waals surface area contributed by atoms with E-state index in [-0.39, 0.29) is 5.91 Å². The summed E-state index contributed by atoms with van der Waals surface area (Å²) in [5, 5.41) is 6.26. The first kappa shape index (κ1) is 21.1. The number of hydrogen-bond donors (Lipinski definition) is 2. The number of anilines is 5. The molecule has 0 bridgehead atoms. The third-order valence-corrected chi connectivity index (χ3v) is 6.19. The van der Waals surface area contributed by atoms with Gasteiger partial charge in [0.25, 0.3) is 0 Å². The Morgan fingerprint density at radius 2 is 2.03 bits per heavy atom. The van der Waals surface area contributed by atoms with Gasteiger partial charge in [-0.25, -0.2) is 9.97 Å². The molecule has 2 N–H and O–H groups in total. The van der Waals surface area contributed by atoms with E-state index in [1.165, 1.54) is 25.2 Å². The quantitative estimate of drug-likeness (QED) is 0.665. The molecule has 1 aliphatic heterocycles. The SMILES string of the molecule is C=CC(=O)Nc1cc(N2CCN(CC)C3(CC3)C2)ccc1Nc1cc(N(C)C)ncn1. The highest BCUT2D eigenvalue weighted by atomic mass is 16.1. The summed E-state index contributed by atoms with van der Waals surface area (Å²) in [6.45, 7) is 10.0. The minimum absolute atomic E-state index is 0.244. The van der Waals surface area contributed by atoms with Crippen LogP contribution in [0.3, 0.4) is 0 Å². The Labute approximate surface area is 184 Å². The van der Waals surface area contributed by atoms with Gasteiger partial charge in [-0.3, -0.25) is 9.69 Å². The Bertz CT molecular complexity index is 970. The van der Waals surface area contributed by atoms with Crippen LogP contribution in [0.25, 0.3) is 0 Å². The van der Waals surface area contributed by atoms with Crippen molar-refractivity contribution in [2.24, 2.45) is 0 Å². The number of aromatic nitrogens is 2. The number of benzene rings is 1. The molecule has 1 aliphatic carbocycles. The Hall–Kier alpha value is -3.13. The fraction of sp³-hybridized carbons (Fsp3) is 0.435. The standard InChI is InChI=1S/C23H31N7O/c1-5-22(31)27-19-13-17(29-11-12-30(6-2)23(15-29)9-10-23)7-8-18(19)26-20-14-21(28(3)4)25-16-24-20/h5,7-8,13-14,16H,1,6,9-12,15H2,2-4H3,(H,27,31)(H,24,25,26). The number of nitrogens with one attached hydrogen (secondary N) is 2. The summed E-state index contributed by atoms with van der Waals surface area (Å²) in [6.07, 6.45) is 5.33. The third kappa shape index (κ3) is 4.49. The molecule has 0 radical (unpaired) electrons. The lowest BCUT2D eigenvalue weighted by molar-refractivity contribution is -0.111. The van der Waals surface area contributed by atoms with E-state index in [2.05, 4.69) is 50.0 Å². The second kappa shape index (κ2) is 8.55. The Balaban J connectivity index is 1.60. The highest BCUT2D eigenvalue weighted by Crippen LogP contribution is 2.45. The maximum atomic E-state index is 12.1. The van der Waals surface area contributed by atoms with Crippen molar-refractivity contribution in [2.75, 3.05) is 60.7 Å². The number of carbonyl (C=O) groups excluding carboxylic acids is 1. The zero-order chi connectivity index (χ0) is 22.0. The molecule has 1 aromatic carbocycles. The van der Waals surface area contributed by atoms with Crippen molar-refractivity contribution < 1.29 is 4.79 Å². The van der Waals surface area contributed by atoms with Gasteiger partial charge in [-0.1, -0.05) is 13.5 Å². The number of amides is 1. The highest BCUT2D eigenvalue weighted by Gasteiger charge is 2.50. The molecule has 0 atom stereocenters. The van der Waals surface area contributed by atoms with Crippen molar-refractivity contribution in [1.29, 1.82) is 0 Å². The molecule has 2 aliphatic rings. The summed E-state index contributed by atoms with van der Waals surface area (Å²) in [7, 11) is 3.86. The molecule has 1 spiro atoms. The molecular formula is C23H31N7O. The average Bonchev–Trinajstić information content (AvgIpc) is 3.54. The predicted octanol–water partition coefficient (Wildman–Crippen LogP) is 3.09. The number of piperazine rings is 1. The monoisotopic (exact) mass is 421 g/mol. The van der Waals surface area contributed by atoms with Crippen LogP contribution in [0.2, 0.25) is 0 Å². The lowest BCUT2D eigenvalue weighted by Crippen LogP contribution is -2.54. The van der Waals surface area contributed by atoms with Gasteiger partial charge in [-0.05, 0) is 43.7 Å². The first-order chi connectivity index (χ1) is 14.9. The largest absolute Gasteiger partial charge is 0.368 e. The summed E-state index contributed by atoms with van der Waals surface area (Å²) in [5.74, 6) is 1.22. The zero-order valence-electron chi connectivity index (χ0n) is 18.6. The van der Waals surface area contributed by atoms with Crippen LogP contribution in [0, 0.1) is 0 Å². The number of nitrogens with zero attached hydrogens (tertiary/aromatic N) is 5. The molecule has 1 saturated heterocycles. The van der Waals surface area contributed by atoms with E-state index in [9.17, 15) is 4.79 Å². The fourth-order valence-electron chi connectivity index (χ4n) is 4.27. The van der Waals surface area contributed by atoms with Gasteiger partial charge in [-0.2, -0.15) is 0 Å². The van der Waals surface area contributed by atoms with E-state index < -0.39 is 0 Å². The van der Waals surface area contributed by atoms with Crippen molar-refractivity contribution in [3.05, 3.63) is 43.2 Å². The van der Waals surface area contributed by atoms with Gasteiger partial charge in [0.15, 0.2) is 0 Å². The number of likely N-dealkylation sites (N-methyl/N-ethyl adjacent to an activating group) is 1. The average molecular weight is 422 g/mol. The summed E-state index contributed by atoms with van der Waals surface area (Å²) in [5.41, 5.74) is 2.92. The van der Waals surface area contributed by atoms with E-state index in [0.29, 0.717) is 17.0 Å². The summed E-state index contributed by atoms with van der Waals surface area (Å²) < 4.78 is 0. The molecule has 8 nitrogen and oxygen atoms in total. The van der Waals surface area contributed by atoms with Crippen LogP contribution in [0.1, 0.15) is 19.8 Å². The molecule has 2 heterocycles. The predicted molar refractivity (Wildman–Crippen MR) is 126 cm³/mol. The molecule has 1 aromatic heterocycles. The van der Waals surface area contributed by atoms with Crippen LogP contribution >= 0.6 is 0 Å². The molecule has 8 heteroatoms. The Morgan fingerprint density at radius 1 is 1.23 bits per heavy atom. The minimum atomic E-state index is -0.244. The van der Waals surface area contributed by atoms with Gasteiger partial charge >= 0.3 is 0 Å². The van der Waals surface area contributed by atoms with Crippen molar-refractivity contribution >= 4 is 34.6 Å². The van der Waals surface area contributed by atoms with Gasteiger partial charge in [0.2, 0.25) is 5.91 Å². The molecule has 0 unspecified atom stereocenters. The van der Waals surface area contributed by atoms with E-state index >= 15 is 0 Å². The van der Waals surface area contributed by atoms with Crippen LogP contribution in [0.15, 0.2) is 43.2 Å². The van der Waals surface area contributed by atoms with E-state index in [1.54, 1.807) is 0 Å². The van der Waals surface area contributed by atoms with Crippen molar-refractivity contribution in [1.82, 2.24) is 14.9 Å². The summed E-state index contributed by atoms with van der Waals surface area (Å²) >= 11 is 0. The molecular weight excluding hydrogens is 390 g/mol. The Kier molecular flexibility index (Phi) is 5.82. The van der Waals surface area contributed by atoms with Gasteiger partial charge < -0.3 is 20.4 Å². The second-order valence-corrected chi connectivity index (χ2v) is 8.43. The molecule has 1 saturated carbocycles. The Morgan fingerprint density at radius 3 is 2.71 bits per heavy atom. The van der Waals surface area contributed by atoms with E-state index in [1.807, 2.05) is 37.2 Å². The van der Waals surface area contributed by atoms with Crippen LogP contribution in [-0.4, -0.2) is 66.6 Å². The van der Waals surface area contributed by atoms with Crippen LogP contribution in [-0.2, 0) is 4.79 Å². The van der Waals surface area contributed by atoms with Gasteiger partial charge in [0.05, 0.1) is 11.4 Å². The number of carbonyl (C=O) groups is 1. The summed E-state index contributed by atoms with van der Waals surface area (Å²) in [4.78, 5) is 27.6. The van der Waals surface area contributed by atoms with Crippen molar-refractivity contribution in [2.45, 2.75) is 25.3 Å². The van der Waals surface area contributed by atoms with E-state index in [4.69, 9.17) is 0 Å². The first-order valence-electron chi connectivity index (χ1n) is 10.8. The maximum absolute atomic E-state index is 12.1. The second-order valence-electron chi connectivity index (χ2n) is 8.43. The first-order valence-corrected chi connectivity index (χ1v) is 10.8. The lowest BCUT2D eigenvalue weighted by Gasteiger charge is -2.43. The fourth-order valence-corrected chi connectivity index (χ4v) is 4.27. The number of hydrogen-bond acceptors (Lipinski definition) is 7. The molecule has 31 heavy (non-hydrogen) atoms. The lowest BCUT2D eigenvalue weighted by atomic mass is 10.1. The molecule has 4 rings (SSSR count). The van der Waals surface area contributed by atoms with Crippen molar-refractivity contribution in [3.8, 4) is 0 Å². The van der Waals surface area contributed by atoms with Gasteiger partial charge in [-0.15, -0.1) is 0 Å². The topological polar surface area (TPSA) is 76.6 Å². The summed E-state index contributed by atoms with van der Waals surface area (Å²) in [6, 6.07) is 8.01. The highest BCUT2D eigenvalue weighted by molar-refractivity contribution is 6.02. The molecule has 164 valence electrons. The van der Waals surface area contributed by atoms with Crippen molar-refractivity contribution in [3.63, 3.8) is 0 Å². The minimum Gasteiger partial charge on any atom is -0.368 e. The molecule has 1 amide bonds. The van der Waals surface area contributed by atoms with Crippen LogP contribution in [0.5, 0.6) is 0 Å². The zero-order valence-corrected chi connectivity index (χ0v) is 18.6. The number of rotatable bonds is 7. The normalized spacial score (nSPS) is 17.3. The molecule has 2 aromatic rings. The van der Waals surface area contributed by atoms with Gasteiger partial charge in [0, 0.05) is 51.0 Å². The maximum Gasteiger partial charge on any atom is 0.247 e. The van der Waals surface area contributed by atoms with Gasteiger partial charge in [0.1, 0.15) is 18.0 Å². The third-order valence-electron chi connectivity index (χ3n) is 6.19. The van der Waals surface area contributed by atoms with Crippen LogP contribution < -0.4 is 20.4 Å². The van der Waals surface area contributed by atoms with E-state index in [0.717, 1.165) is 43.4 Å². The molecule has 2 fully saturated rings.